The summed E-state index contributed by atoms with van der Waals surface area (Å²) in [5, 5.41) is 14.3. The minimum Gasteiger partial charge on any atom is -0.321 e. The second-order valence-corrected chi connectivity index (χ2v) is 5.31. The molecule has 3 rings (SSSR count). The maximum Gasteiger partial charge on any atom is 0.257 e. The number of amides is 1. The fraction of sp³-hybridized carbons (Fsp3) is 0. The lowest BCUT2D eigenvalue weighted by atomic mass is 10.1. The molecule has 3 nitrogen and oxygen atoms in total. The van der Waals surface area contributed by atoms with Crippen LogP contribution in [-0.2, 0) is 0 Å². The maximum atomic E-state index is 13.1. The van der Waals surface area contributed by atoms with E-state index in [-0.39, 0.29) is 11.5 Å². The topological polar surface area (TPSA) is 52.9 Å². The number of thiophene rings is 1. The highest BCUT2D eigenvalue weighted by Gasteiger charge is 2.14. The van der Waals surface area contributed by atoms with Gasteiger partial charge in [-0.25, -0.2) is 4.39 Å². The van der Waals surface area contributed by atoms with Crippen LogP contribution in [-0.4, -0.2) is 5.91 Å². The fourth-order valence-corrected chi connectivity index (χ4v) is 3.00. The second kappa shape index (κ2) is 5.35. The van der Waals surface area contributed by atoms with Crippen LogP contribution < -0.4 is 5.32 Å². The van der Waals surface area contributed by atoms with Gasteiger partial charge in [0, 0.05) is 15.5 Å². The third-order valence-corrected chi connectivity index (χ3v) is 4.04. The summed E-state index contributed by atoms with van der Waals surface area (Å²) in [5.74, 6) is -0.818. The van der Waals surface area contributed by atoms with Crippen molar-refractivity contribution in [2.24, 2.45) is 0 Å². The van der Waals surface area contributed by atoms with Gasteiger partial charge in [0.15, 0.2) is 0 Å². The van der Waals surface area contributed by atoms with Gasteiger partial charge in [0.25, 0.3) is 5.91 Å². The molecule has 0 aliphatic carbocycles. The molecule has 0 aliphatic rings. The maximum absolute atomic E-state index is 13.1. The summed E-state index contributed by atoms with van der Waals surface area (Å²) in [7, 11) is 0. The lowest BCUT2D eigenvalue weighted by Crippen LogP contribution is -2.12. The van der Waals surface area contributed by atoms with Gasteiger partial charge in [-0.05, 0) is 24.3 Å². The lowest BCUT2D eigenvalue weighted by molar-refractivity contribution is 0.102. The SMILES string of the molecule is N#Cc1cc(F)ccc1NC(=O)c1csc2ccccc12. The zero-order valence-electron chi connectivity index (χ0n) is 10.8. The van der Waals surface area contributed by atoms with Gasteiger partial charge in [0.05, 0.1) is 16.8 Å². The predicted octanol–water partition coefficient (Wildman–Crippen LogP) is 4.16. The van der Waals surface area contributed by atoms with Crippen molar-refractivity contribution >= 4 is 33.0 Å². The number of fused-ring (bicyclic) bond motifs is 1. The molecule has 0 bridgehead atoms. The number of rotatable bonds is 2. The molecule has 1 N–H and O–H groups in total. The first-order valence-electron chi connectivity index (χ1n) is 6.16. The highest BCUT2D eigenvalue weighted by atomic mass is 32.1. The molecule has 0 aliphatic heterocycles. The second-order valence-electron chi connectivity index (χ2n) is 4.40. The van der Waals surface area contributed by atoms with Crippen molar-refractivity contribution in [2.45, 2.75) is 0 Å². The summed E-state index contributed by atoms with van der Waals surface area (Å²) in [5.41, 5.74) is 0.950. The average molecular weight is 296 g/mol. The van der Waals surface area contributed by atoms with Crippen molar-refractivity contribution in [3.63, 3.8) is 0 Å². The van der Waals surface area contributed by atoms with E-state index in [0.717, 1.165) is 16.2 Å². The third-order valence-electron chi connectivity index (χ3n) is 3.08. The number of nitriles is 1. The van der Waals surface area contributed by atoms with Gasteiger partial charge < -0.3 is 5.32 Å². The lowest BCUT2D eigenvalue weighted by Gasteiger charge is -2.06. The van der Waals surface area contributed by atoms with E-state index in [2.05, 4.69) is 5.32 Å². The largest absolute Gasteiger partial charge is 0.321 e. The molecule has 0 radical (unpaired) electrons. The Kier molecular flexibility index (Phi) is 3.38. The normalized spacial score (nSPS) is 10.3. The van der Waals surface area contributed by atoms with Gasteiger partial charge in [0.2, 0.25) is 0 Å². The summed E-state index contributed by atoms with van der Waals surface area (Å²) in [6.45, 7) is 0. The third kappa shape index (κ3) is 2.49. The molecule has 0 atom stereocenters. The van der Waals surface area contributed by atoms with E-state index in [1.165, 1.54) is 23.5 Å². The monoisotopic (exact) mass is 296 g/mol. The standard InChI is InChI=1S/C16H9FN2OS/c17-11-5-6-14(10(7-11)8-18)19-16(20)13-9-21-15-4-2-1-3-12(13)15/h1-7,9H,(H,19,20). The van der Waals surface area contributed by atoms with Gasteiger partial charge >= 0.3 is 0 Å². The van der Waals surface area contributed by atoms with E-state index < -0.39 is 5.82 Å². The first-order valence-corrected chi connectivity index (χ1v) is 7.04. The van der Waals surface area contributed by atoms with Crippen molar-refractivity contribution in [1.82, 2.24) is 0 Å². The van der Waals surface area contributed by atoms with E-state index in [1.54, 1.807) is 5.38 Å². The molecule has 1 heterocycles. The smallest absolute Gasteiger partial charge is 0.257 e. The summed E-state index contributed by atoms with van der Waals surface area (Å²) in [4.78, 5) is 12.3. The van der Waals surface area contributed by atoms with Crippen molar-refractivity contribution in [3.05, 3.63) is 64.8 Å². The Labute approximate surface area is 124 Å². The fourth-order valence-electron chi connectivity index (χ4n) is 2.06. The van der Waals surface area contributed by atoms with Gasteiger partial charge in [-0.15, -0.1) is 11.3 Å². The Bertz CT molecular complexity index is 879. The van der Waals surface area contributed by atoms with Crippen molar-refractivity contribution < 1.29 is 9.18 Å². The van der Waals surface area contributed by atoms with Crippen LogP contribution in [0.4, 0.5) is 10.1 Å². The highest BCUT2D eigenvalue weighted by Crippen LogP contribution is 2.27. The Hall–Kier alpha value is -2.71. The predicted molar refractivity (Wildman–Crippen MR) is 80.9 cm³/mol. The van der Waals surface area contributed by atoms with Crippen LogP contribution >= 0.6 is 11.3 Å². The number of carbonyl (C=O) groups is 1. The van der Waals surface area contributed by atoms with Crippen LogP contribution in [0.1, 0.15) is 15.9 Å². The number of anilines is 1. The van der Waals surface area contributed by atoms with Crippen LogP contribution in [0.3, 0.4) is 0 Å². The first kappa shape index (κ1) is 13.3. The Balaban J connectivity index is 1.96. The van der Waals surface area contributed by atoms with Crippen molar-refractivity contribution in [2.75, 3.05) is 5.32 Å². The number of nitrogens with zero attached hydrogens (tertiary/aromatic N) is 1. The molecule has 21 heavy (non-hydrogen) atoms. The van der Waals surface area contributed by atoms with Crippen LogP contribution in [0.25, 0.3) is 10.1 Å². The number of hydrogen-bond donors (Lipinski definition) is 1. The van der Waals surface area contributed by atoms with Crippen molar-refractivity contribution in [1.29, 1.82) is 5.26 Å². The van der Waals surface area contributed by atoms with E-state index in [1.807, 2.05) is 30.3 Å². The quantitative estimate of drug-likeness (QED) is 0.771. The number of carbonyl (C=O) groups excluding carboxylic acids is 1. The molecule has 1 aromatic heterocycles. The first-order chi connectivity index (χ1) is 10.2. The zero-order chi connectivity index (χ0) is 14.8. The molecule has 1 amide bonds. The molecule has 0 saturated carbocycles. The number of nitrogens with one attached hydrogen (secondary N) is 1. The molecule has 0 saturated heterocycles. The number of halogens is 1. The molecular weight excluding hydrogens is 287 g/mol. The number of hydrogen-bond acceptors (Lipinski definition) is 3. The zero-order valence-corrected chi connectivity index (χ0v) is 11.6. The van der Waals surface area contributed by atoms with E-state index in [9.17, 15) is 9.18 Å². The Morgan fingerprint density at radius 2 is 2.05 bits per heavy atom. The molecule has 3 aromatic rings. The molecular formula is C16H9FN2OS. The van der Waals surface area contributed by atoms with E-state index >= 15 is 0 Å². The van der Waals surface area contributed by atoms with Gasteiger partial charge in [-0.2, -0.15) is 5.26 Å². The minimum absolute atomic E-state index is 0.0999. The summed E-state index contributed by atoms with van der Waals surface area (Å²) < 4.78 is 14.1. The average Bonchev–Trinajstić information content (AvgIpc) is 2.93. The summed E-state index contributed by atoms with van der Waals surface area (Å²) >= 11 is 1.48. The van der Waals surface area contributed by atoms with Gasteiger partial charge in [0.1, 0.15) is 11.9 Å². The Morgan fingerprint density at radius 1 is 1.24 bits per heavy atom. The highest BCUT2D eigenvalue weighted by molar-refractivity contribution is 7.17. The van der Waals surface area contributed by atoms with Gasteiger partial charge in [-0.3, -0.25) is 4.79 Å². The van der Waals surface area contributed by atoms with E-state index in [0.29, 0.717) is 11.3 Å². The molecule has 5 heteroatoms. The van der Waals surface area contributed by atoms with Crippen molar-refractivity contribution in [3.8, 4) is 6.07 Å². The minimum atomic E-state index is -0.509. The molecule has 0 spiro atoms. The molecule has 0 fully saturated rings. The molecule has 0 unspecified atom stereocenters. The van der Waals surface area contributed by atoms with Crippen LogP contribution in [0.2, 0.25) is 0 Å². The number of benzene rings is 2. The van der Waals surface area contributed by atoms with Crippen LogP contribution in [0.5, 0.6) is 0 Å². The van der Waals surface area contributed by atoms with E-state index in [4.69, 9.17) is 5.26 Å². The molecule has 102 valence electrons. The van der Waals surface area contributed by atoms with Crippen LogP contribution in [0, 0.1) is 17.1 Å². The summed E-state index contributed by atoms with van der Waals surface area (Å²) in [6.07, 6.45) is 0. The van der Waals surface area contributed by atoms with Crippen LogP contribution in [0.15, 0.2) is 47.8 Å². The molecule has 2 aromatic carbocycles. The Morgan fingerprint density at radius 3 is 2.86 bits per heavy atom. The van der Waals surface area contributed by atoms with Gasteiger partial charge in [-0.1, -0.05) is 18.2 Å². The summed E-state index contributed by atoms with van der Waals surface area (Å²) in [6, 6.07) is 13.2.